The normalized spacial score (nSPS) is 10.4. The zero-order valence-corrected chi connectivity index (χ0v) is 13.8. The first-order valence-electron chi connectivity index (χ1n) is 7.28. The third-order valence-electron chi connectivity index (χ3n) is 3.28. The van der Waals surface area contributed by atoms with Gasteiger partial charge in [-0.05, 0) is 47.9 Å². The first kappa shape index (κ1) is 17.0. The van der Waals surface area contributed by atoms with Crippen molar-refractivity contribution >= 4 is 29.2 Å². The Balaban J connectivity index is 1.85. The lowest BCUT2D eigenvalue weighted by Crippen LogP contribution is -2.20. The second-order valence-electron chi connectivity index (χ2n) is 5.41. The molecule has 1 amide bonds. The van der Waals surface area contributed by atoms with Crippen molar-refractivity contribution in [3.05, 3.63) is 64.7 Å². The summed E-state index contributed by atoms with van der Waals surface area (Å²) >= 11 is 5.77. The molecule has 0 aliphatic rings. The molecule has 0 spiro atoms. The molecule has 0 aliphatic carbocycles. The van der Waals surface area contributed by atoms with Crippen LogP contribution >= 0.6 is 11.6 Å². The SMILES string of the molecule is CC(C)c1ccc(C(=O)OCC(=O)Nc2ccc(Cl)cc2)cc1. The quantitative estimate of drug-likeness (QED) is 0.833. The number of ether oxygens (including phenoxy) is 1. The number of benzene rings is 2. The molecule has 23 heavy (non-hydrogen) atoms. The summed E-state index contributed by atoms with van der Waals surface area (Å²) in [5.41, 5.74) is 2.16. The van der Waals surface area contributed by atoms with Crippen molar-refractivity contribution in [2.75, 3.05) is 11.9 Å². The maximum absolute atomic E-state index is 11.9. The number of halogens is 1. The van der Waals surface area contributed by atoms with E-state index in [9.17, 15) is 9.59 Å². The highest BCUT2D eigenvalue weighted by atomic mass is 35.5. The van der Waals surface area contributed by atoms with Gasteiger partial charge in [-0.25, -0.2) is 4.79 Å². The zero-order chi connectivity index (χ0) is 16.8. The van der Waals surface area contributed by atoms with Crippen molar-refractivity contribution in [1.29, 1.82) is 0 Å². The van der Waals surface area contributed by atoms with Crippen molar-refractivity contribution in [1.82, 2.24) is 0 Å². The highest BCUT2D eigenvalue weighted by Gasteiger charge is 2.11. The molecule has 0 saturated carbocycles. The van der Waals surface area contributed by atoms with Crippen LogP contribution in [0.3, 0.4) is 0 Å². The number of hydrogen-bond acceptors (Lipinski definition) is 3. The van der Waals surface area contributed by atoms with E-state index >= 15 is 0 Å². The van der Waals surface area contributed by atoms with Crippen LogP contribution in [-0.2, 0) is 9.53 Å². The molecule has 1 N–H and O–H groups in total. The highest BCUT2D eigenvalue weighted by molar-refractivity contribution is 6.30. The molecule has 0 atom stereocenters. The van der Waals surface area contributed by atoms with E-state index < -0.39 is 11.9 Å². The summed E-state index contributed by atoms with van der Waals surface area (Å²) < 4.78 is 5.01. The number of anilines is 1. The van der Waals surface area contributed by atoms with Gasteiger partial charge in [-0.1, -0.05) is 37.6 Å². The Labute approximate surface area is 140 Å². The van der Waals surface area contributed by atoms with Gasteiger partial charge in [0.1, 0.15) is 0 Å². The Bertz CT molecular complexity index is 678. The molecule has 0 bridgehead atoms. The van der Waals surface area contributed by atoms with Crippen molar-refractivity contribution in [2.24, 2.45) is 0 Å². The van der Waals surface area contributed by atoms with E-state index in [2.05, 4.69) is 19.2 Å². The van der Waals surface area contributed by atoms with E-state index in [1.807, 2.05) is 12.1 Å². The van der Waals surface area contributed by atoms with Crippen molar-refractivity contribution in [3.8, 4) is 0 Å². The predicted molar refractivity (Wildman–Crippen MR) is 90.9 cm³/mol. The van der Waals surface area contributed by atoms with Gasteiger partial charge in [-0.3, -0.25) is 4.79 Å². The number of amides is 1. The number of nitrogens with one attached hydrogen (secondary N) is 1. The van der Waals surface area contributed by atoms with Crippen molar-refractivity contribution in [3.63, 3.8) is 0 Å². The summed E-state index contributed by atoms with van der Waals surface area (Å²) in [6, 6.07) is 13.9. The predicted octanol–water partition coefficient (Wildman–Crippen LogP) is 4.26. The molecule has 0 fully saturated rings. The number of esters is 1. The van der Waals surface area contributed by atoms with Crippen molar-refractivity contribution < 1.29 is 14.3 Å². The van der Waals surface area contributed by atoms with E-state index in [-0.39, 0.29) is 6.61 Å². The molecule has 0 radical (unpaired) electrons. The van der Waals surface area contributed by atoms with Crippen LogP contribution in [0.2, 0.25) is 5.02 Å². The largest absolute Gasteiger partial charge is 0.452 e. The van der Waals surface area contributed by atoms with Gasteiger partial charge in [-0.15, -0.1) is 0 Å². The fraction of sp³-hybridized carbons (Fsp3) is 0.222. The van der Waals surface area contributed by atoms with Crippen LogP contribution in [0.1, 0.15) is 35.7 Å². The summed E-state index contributed by atoms with van der Waals surface area (Å²) in [7, 11) is 0. The molecule has 120 valence electrons. The van der Waals surface area contributed by atoms with Gasteiger partial charge in [0.05, 0.1) is 5.56 Å². The van der Waals surface area contributed by atoms with Crippen molar-refractivity contribution in [2.45, 2.75) is 19.8 Å². The lowest BCUT2D eigenvalue weighted by molar-refractivity contribution is -0.119. The highest BCUT2D eigenvalue weighted by Crippen LogP contribution is 2.15. The lowest BCUT2D eigenvalue weighted by Gasteiger charge is -2.08. The zero-order valence-electron chi connectivity index (χ0n) is 13.0. The maximum atomic E-state index is 11.9. The molecule has 5 heteroatoms. The first-order valence-corrected chi connectivity index (χ1v) is 7.66. The van der Waals surface area contributed by atoms with Crippen LogP contribution in [0.25, 0.3) is 0 Å². The molecular weight excluding hydrogens is 314 g/mol. The van der Waals surface area contributed by atoms with Gasteiger partial charge in [-0.2, -0.15) is 0 Å². The third-order valence-corrected chi connectivity index (χ3v) is 3.53. The fourth-order valence-corrected chi connectivity index (χ4v) is 2.07. The number of carbonyl (C=O) groups is 2. The summed E-state index contributed by atoms with van der Waals surface area (Å²) in [5, 5.41) is 3.21. The van der Waals surface area contributed by atoms with Crippen LogP contribution in [0.4, 0.5) is 5.69 Å². The number of carbonyl (C=O) groups excluding carboxylic acids is 2. The van der Waals surface area contributed by atoms with E-state index in [1.54, 1.807) is 36.4 Å². The third kappa shape index (κ3) is 5.11. The molecule has 0 aliphatic heterocycles. The van der Waals surface area contributed by atoms with E-state index in [1.165, 1.54) is 0 Å². The molecule has 0 aromatic heterocycles. The standard InChI is InChI=1S/C18H18ClNO3/c1-12(2)13-3-5-14(6-4-13)18(22)23-11-17(21)20-16-9-7-15(19)8-10-16/h3-10,12H,11H2,1-2H3,(H,20,21). The topological polar surface area (TPSA) is 55.4 Å². The summed E-state index contributed by atoms with van der Waals surface area (Å²) in [4.78, 5) is 23.7. The van der Waals surface area contributed by atoms with Crippen LogP contribution in [0.5, 0.6) is 0 Å². The van der Waals surface area contributed by atoms with Crippen LogP contribution in [-0.4, -0.2) is 18.5 Å². The first-order chi connectivity index (χ1) is 11.0. The average molecular weight is 332 g/mol. The van der Waals surface area contributed by atoms with E-state index in [4.69, 9.17) is 16.3 Å². The lowest BCUT2D eigenvalue weighted by atomic mass is 10.0. The van der Waals surface area contributed by atoms with Crippen LogP contribution in [0, 0.1) is 0 Å². The summed E-state index contributed by atoms with van der Waals surface area (Å²) in [5.74, 6) is -0.531. The molecule has 0 unspecified atom stereocenters. The van der Waals surface area contributed by atoms with Crippen LogP contribution < -0.4 is 5.32 Å². The molecule has 0 saturated heterocycles. The molecule has 2 aromatic carbocycles. The summed E-state index contributed by atoms with van der Waals surface area (Å²) in [6.07, 6.45) is 0. The van der Waals surface area contributed by atoms with Gasteiger partial charge >= 0.3 is 5.97 Å². The average Bonchev–Trinajstić information content (AvgIpc) is 2.55. The van der Waals surface area contributed by atoms with E-state index in [0.29, 0.717) is 22.2 Å². The Morgan fingerprint density at radius 1 is 1.04 bits per heavy atom. The molecule has 2 aromatic rings. The second-order valence-corrected chi connectivity index (χ2v) is 5.84. The molecular formula is C18H18ClNO3. The number of rotatable bonds is 5. The Kier molecular flexibility index (Phi) is 5.77. The minimum atomic E-state index is -0.522. The molecule has 4 nitrogen and oxygen atoms in total. The fourth-order valence-electron chi connectivity index (χ4n) is 1.95. The van der Waals surface area contributed by atoms with Gasteiger partial charge in [0.2, 0.25) is 0 Å². The monoisotopic (exact) mass is 331 g/mol. The smallest absolute Gasteiger partial charge is 0.338 e. The van der Waals surface area contributed by atoms with Gasteiger partial charge in [0, 0.05) is 10.7 Å². The van der Waals surface area contributed by atoms with E-state index in [0.717, 1.165) is 5.56 Å². The second kappa shape index (κ2) is 7.79. The van der Waals surface area contributed by atoms with Crippen LogP contribution in [0.15, 0.2) is 48.5 Å². The maximum Gasteiger partial charge on any atom is 0.338 e. The van der Waals surface area contributed by atoms with Gasteiger partial charge in [0.15, 0.2) is 6.61 Å². The Hall–Kier alpha value is -2.33. The Morgan fingerprint density at radius 3 is 2.22 bits per heavy atom. The number of hydrogen-bond donors (Lipinski definition) is 1. The minimum absolute atomic E-state index is 0.340. The Morgan fingerprint density at radius 2 is 1.65 bits per heavy atom. The molecule has 0 heterocycles. The minimum Gasteiger partial charge on any atom is -0.452 e. The van der Waals surface area contributed by atoms with Gasteiger partial charge < -0.3 is 10.1 Å². The summed E-state index contributed by atoms with van der Waals surface area (Å²) in [6.45, 7) is 3.82. The van der Waals surface area contributed by atoms with Gasteiger partial charge in [0.25, 0.3) is 5.91 Å². The molecule has 2 rings (SSSR count).